The Hall–Kier alpha value is -1.06. The maximum atomic E-state index is 6.07. The lowest BCUT2D eigenvalue weighted by Crippen LogP contribution is -2.38. The first-order valence-electron chi connectivity index (χ1n) is 11.6. The van der Waals surface area contributed by atoms with Crippen LogP contribution in [0.25, 0.3) is 0 Å². The molecule has 0 bridgehead atoms. The Morgan fingerprint density at radius 2 is 1.97 bits per heavy atom. The van der Waals surface area contributed by atoms with Crippen molar-refractivity contribution >= 4 is 29.9 Å². The number of hydrogen-bond donors (Lipinski definition) is 2. The molecule has 1 aromatic rings. The fourth-order valence-corrected chi connectivity index (χ4v) is 3.58. The van der Waals surface area contributed by atoms with Gasteiger partial charge >= 0.3 is 0 Å². The summed E-state index contributed by atoms with van der Waals surface area (Å²) in [4.78, 5) is 9.38. The zero-order chi connectivity index (χ0) is 21.8. The van der Waals surface area contributed by atoms with Crippen LogP contribution in [0, 0.1) is 12.8 Å². The Bertz CT molecular complexity index is 653. The molecular weight excluding hydrogens is 501 g/mol. The summed E-state index contributed by atoms with van der Waals surface area (Å²) in [5.74, 6) is 2.47. The number of benzene rings is 1. The molecule has 2 rings (SSSR count). The summed E-state index contributed by atoms with van der Waals surface area (Å²) in [6.45, 7) is 14.9. The van der Waals surface area contributed by atoms with E-state index in [1.54, 1.807) is 0 Å². The molecule has 1 saturated heterocycles. The third-order valence-corrected chi connectivity index (χ3v) is 5.60. The number of likely N-dealkylation sites (N-methyl/N-ethyl adjacent to an activating group) is 1. The van der Waals surface area contributed by atoms with E-state index in [0.717, 1.165) is 44.2 Å². The van der Waals surface area contributed by atoms with Gasteiger partial charge < -0.3 is 25.2 Å². The number of nitrogens with one attached hydrogen (secondary N) is 2. The van der Waals surface area contributed by atoms with Gasteiger partial charge in [0.2, 0.25) is 0 Å². The topological polar surface area (TPSA) is 52.1 Å². The molecule has 7 heteroatoms. The van der Waals surface area contributed by atoms with E-state index < -0.39 is 0 Å². The molecule has 1 fully saturated rings. The normalized spacial score (nSPS) is 16.0. The van der Waals surface area contributed by atoms with Crippen molar-refractivity contribution in [2.45, 2.75) is 46.6 Å². The van der Waals surface area contributed by atoms with E-state index in [2.05, 4.69) is 71.4 Å². The number of guanidine groups is 1. The monoisotopic (exact) mass is 545 g/mol. The van der Waals surface area contributed by atoms with Crippen LogP contribution in [-0.2, 0) is 6.54 Å². The predicted octanol–water partition coefficient (Wildman–Crippen LogP) is 3.73. The van der Waals surface area contributed by atoms with Gasteiger partial charge in [0.1, 0.15) is 5.75 Å². The van der Waals surface area contributed by atoms with Crippen LogP contribution in [0.4, 0.5) is 0 Å². The smallest absolute Gasteiger partial charge is 0.191 e. The lowest BCUT2D eigenvalue weighted by atomic mass is 10.1. The number of ether oxygens (including phenoxy) is 1. The van der Waals surface area contributed by atoms with Gasteiger partial charge in [-0.1, -0.05) is 26.0 Å². The second-order valence-corrected chi connectivity index (χ2v) is 8.85. The Kier molecular flexibility index (Phi) is 14.2. The molecule has 0 spiro atoms. The SMILES string of the molecule is CN=C(NCCCN1CCCN(C)CC1)NCc1ccc(C)cc1OCCC(C)C.I. The molecule has 0 atom stereocenters. The molecule has 0 aliphatic carbocycles. The van der Waals surface area contributed by atoms with Gasteiger partial charge in [0.25, 0.3) is 0 Å². The van der Waals surface area contributed by atoms with E-state index in [1.165, 1.54) is 43.7 Å². The molecule has 2 N–H and O–H groups in total. The summed E-state index contributed by atoms with van der Waals surface area (Å²) >= 11 is 0. The summed E-state index contributed by atoms with van der Waals surface area (Å²) in [7, 11) is 4.05. The molecule has 178 valence electrons. The van der Waals surface area contributed by atoms with Crippen molar-refractivity contribution < 1.29 is 4.74 Å². The van der Waals surface area contributed by atoms with Gasteiger partial charge in [0, 0.05) is 38.8 Å². The maximum Gasteiger partial charge on any atom is 0.191 e. The first kappa shape index (κ1) is 28.0. The van der Waals surface area contributed by atoms with E-state index in [9.17, 15) is 0 Å². The van der Waals surface area contributed by atoms with Crippen molar-refractivity contribution in [2.24, 2.45) is 10.9 Å². The second-order valence-electron chi connectivity index (χ2n) is 8.85. The van der Waals surface area contributed by atoms with Gasteiger partial charge in [-0.15, -0.1) is 24.0 Å². The zero-order valence-corrected chi connectivity index (χ0v) is 22.6. The summed E-state index contributed by atoms with van der Waals surface area (Å²) in [5.41, 5.74) is 2.39. The molecule has 0 amide bonds. The summed E-state index contributed by atoms with van der Waals surface area (Å²) in [6, 6.07) is 6.42. The molecule has 0 radical (unpaired) electrons. The fraction of sp³-hybridized carbons (Fsp3) is 0.708. The van der Waals surface area contributed by atoms with Crippen molar-refractivity contribution in [3.05, 3.63) is 29.3 Å². The number of aliphatic imine (C=N–C) groups is 1. The van der Waals surface area contributed by atoms with Crippen LogP contribution >= 0.6 is 24.0 Å². The van der Waals surface area contributed by atoms with Crippen LogP contribution < -0.4 is 15.4 Å². The molecule has 0 unspecified atom stereocenters. The minimum Gasteiger partial charge on any atom is -0.493 e. The van der Waals surface area contributed by atoms with E-state index in [1.807, 2.05) is 7.05 Å². The van der Waals surface area contributed by atoms with Crippen LogP contribution in [0.15, 0.2) is 23.2 Å². The third kappa shape index (κ3) is 11.4. The van der Waals surface area contributed by atoms with Crippen molar-refractivity contribution in [1.82, 2.24) is 20.4 Å². The van der Waals surface area contributed by atoms with Crippen molar-refractivity contribution in [3.8, 4) is 5.75 Å². The van der Waals surface area contributed by atoms with Gasteiger partial charge in [-0.25, -0.2) is 0 Å². The number of nitrogens with zero attached hydrogens (tertiary/aromatic N) is 3. The van der Waals surface area contributed by atoms with E-state index in [-0.39, 0.29) is 24.0 Å². The predicted molar refractivity (Wildman–Crippen MR) is 143 cm³/mol. The molecule has 1 aliphatic heterocycles. The highest BCUT2D eigenvalue weighted by atomic mass is 127. The minimum atomic E-state index is 0. The minimum absolute atomic E-state index is 0. The standard InChI is InChI=1S/C24H43N5O.HI/c1-20(2)10-17-30-23-18-21(3)8-9-22(23)19-27-24(25-4)26-11-6-13-29-14-7-12-28(5)15-16-29;/h8-9,18,20H,6-7,10-17,19H2,1-5H3,(H2,25,26,27);1H. The van der Waals surface area contributed by atoms with Gasteiger partial charge in [-0.05, 0) is 70.4 Å². The second kappa shape index (κ2) is 15.7. The molecule has 31 heavy (non-hydrogen) atoms. The van der Waals surface area contributed by atoms with Crippen molar-refractivity contribution in [3.63, 3.8) is 0 Å². The molecule has 6 nitrogen and oxygen atoms in total. The molecule has 0 aromatic heterocycles. The Morgan fingerprint density at radius 3 is 2.71 bits per heavy atom. The van der Waals surface area contributed by atoms with Gasteiger partial charge in [-0.2, -0.15) is 0 Å². The van der Waals surface area contributed by atoms with Gasteiger partial charge in [-0.3, -0.25) is 4.99 Å². The largest absolute Gasteiger partial charge is 0.493 e. The van der Waals surface area contributed by atoms with Crippen LogP contribution in [-0.4, -0.2) is 75.7 Å². The quantitative estimate of drug-likeness (QED) is 0.203. The lowest BCUT2D eigenvalue weighted by molar-refractivity contribution is 0.274. The third-order valence-electron chi connectivity index (χ3n) is 5.60. The van der Waals surface area contributed by atoms with Crippen molar-refractivity contribution in [1.29, 1.82) is 0 Å². The summed E-state index contributed by atoms with van der Waals surface area (Å²) in [6.07, 6.45) is 3.46. The van der Waals surface area contributed by atoms with Crippen LogP contribution in [0.1, 0.15) is 44.2 Å². The number of rotatable bonds is 10. The average Bonchev–Trinajstić information content (AvgIpc) is 2.92. The van der Waals surface area contributed by atoms with Crippen molar-refractivity contribution in [2.75, 3.05) is 60.0 Å². The van der Waals surface area contributed by atoms with E-state index in [4.69, 9.17) is 4.74 Å². The lowest BCUT2D eigenvalue weighted by Gasteiger charge is -2.20. The first-order valence-corrected chi connectivity index (χ1v) is 11.6. The van der Waals surface area contributed by atoms with E-state index in [0.29, 0.717) is 12.5 Å². The maximum absolute atomic E-state index is 6.07. The van der Waals surface area contributed by atoms with Crippen LogP contribution in [0.3, 0.4) is 0 Å². The van der Waals surface area contributed by atoms with Gasteiger partial charge in [0.15, 0.2) is 5.96 Å². The first-order chi connectivity index (χ1) is 14.5. The van der Waals surface area contributed by atoms with Crippen LogP contribution in [0.2, 0.25) is 0 Å². The fourth-order valence-electron chi connectivity index (χ4n) is 3.58. The molecule has 0 saturated carbocycles. The zero-order valence-electron chi connectivity index (χ0n) is 20.2. The number of aryl methyl sites for hydroxylation is 1. The Balaban J connectivity index is 0.00000480. The highest BCUT2D eigenvalue weighted by molar-refractivity contribution is 14.0. The molecule has 1 aromatic carbocycles. The molecular formula is C24H44IN5O. The van der Waals surface area contributed by atoms with Crippen LogP contribution in [0.5, 0.6) is 5.75 Å². The Labute approximate surface area is 207 Å². The summed E-state index contributed by atoms with van der Waals surface area (Å²) < 4.78 is 6.07. The summed E-state index contributed by atoms with van der Waals surface area (Å²) in [5, 5.41) is 6.89. The Morgan fingerprint density at radius 1 is 1.16 bits per heavy atom. The highest BCUT2D eigenvalue weighted by Gasteiger charge is 2.11. The number of hydrogen-bond acceptors (Lipinski definition) is 4. The van der Waals surface area contributed by atoms with Gasteiger partial charge in [0.05, 0.1) is 6.61 Å². The molecule has 1 heterocycles. The number of halogens is 1. The average molecular weight is 546 g/mol. The highest BCUT2D eigenvalue weighted by Crippen LogP contribution is 2.21. The van der Waals surface area contributed by atoms with E-state index >= 15 is 0 Å². The molecule has 1 aliphatic rings.